The fourth-order valence-corrected chi connectivity index (χ4v) is 3.53. The molecule has 2 heterocycles. The highest BCUT2D eigenvalue weighted by Crippen LogP contribution is 2.35. The van der Waals surface area contributed by atoms with E-state index in [-0.39, 0.29) is 11.8 Å². The molecule has 4 rings (SSSR count). The molecule has 0 unspecified atom stereocenters. The summed E-state index contributed by atoms with van der Waals surface area (Å²) in [5.74, 6) is 2.08. The van der Waals surface area contributed by atoms with Crippen LogP contribution in [-0.2, 0) is 11.2 Å². The van der Waals surface area contributed by atoms with E-state index in [9.17, 15) is 4.79 Å². The van der Waals surface area contributed by atoms with E-state index >= 15 is 0 Å². The van der Waals surface area contributed by atoms with Crippen molar-refractivity contribution in [3.8, 4) is 22.9 Å². The third-order valence-corrected chi connectivity index (χ3v) is 5.22. The third-order valence-electron chi connectivity index (χ3n) is 5.22. The lowest BCUT2D eigenvalue weighted by Crippen LogP contribution is -2.24. The molecule has 0 N–H and O–H groups in total. The average Bonchev–Trinajstić information content (AvgIpc) is 3.40. The van der Waals surface area contributed by atoms with Gasteiger partial charge < -0.3 is 18.9 Å². The first-order chi connectivity index (χ1) is 14.1. The summed E-state index contributed by atoms with van der Waals surface area (Å²) in [6.07, 6.45) is 1.31. The number of hydrogen-bond acceptors (Lipinski definition) is 6. The van der Waals surface area contributed by atoms with Crippen molar-refractivity contribution in [2.24, 2.45) is 0 Å². The molecule has 0 bridgehead atoms. The molecule has 0 spiro atoms. The van der Waals surface area contributed by atoms with Gasteiger partial charge in [-0.25, -0.2) is 0 Å². The number of amides is 1. The predicted molar refractivity (Wildman–Crippen MR) is 108 cm³/mol. The maximum Gasteiger partial charge on any atom is 0.232 e. The van der Waals surface area contributed by atoms with Crippen LogP contribution in [0.3, 0.4) is 0 Å². The number of ether oxygens (including phenoxy) is 2. The molecule has 1 fully saturated rings. The van der Waals surface area contributed by atoms with E-state index < -0.39 is 0 Å². The summed E-state index contributed by atoms with van der Waals surface area (Å²) in [5, 5.41) is 4.10. The van der Waals surface area contributed by atoms with Crippen LogP contribution in [0.1, 0.15) is 30.7 Å². The number of rotatable bonds is 6. The predicted octanol–water partition coefficient (Wildman–Crippen LogP) is 3.84. The highest BCUT2D eigenvalue weighted by molar-refractivity contribution is 5.96. The lowest BCUT2D eigenvalue weighted by atomic mass is 10.1. The molecule has 7 heteroatoms. The molecular weight excluding hydrogens is 370 g/mol. The van der Waals surface area contributed by atoms with Gasteiger partial charge in [-0.1, -0.05) is 24.2 Å². The fraction of sp³-hybridized carbons (Fsp3) is 0.318. The number of methoxy groups -OCH3 is 2. The first kappa shape index (κ1) is 19.0. The Kier molecular flexibility index (Phi) is 5.20. The van der Waals surface area contributed by atoms with Gasteiger partial charge in [0.2, 0.25) is 17.6 Å². The van der Waals surface area contributed by atoms with E-state index in [1.807, 2.05) is 24.3 Å². The molecule has 150 valence electrons. The van der Waals surface area contributed by atoms with E-state index in [0.717, 1.165) is 12.1 Å². The summed E-state index contributed by atoms with van der Waals surface area (Å²) < 4.78 is 16.2. The molecule has 29 heavy (non-hydrogen) atoms. The summed E-state index contributed by atoms with van der Waals surface area (Å²) >= 11 is 0. The minimum absolute atomic E-state index is 0.0565. The Morgan fingerprint density at radius 3 is 2.62 bits per heavy atom. The van der Waals surface area contributed by atoms with Gasteiger partial charge in [0.15, 0.2) is 0 Å². The summed E-state index contributed by atoms with van der Waals surface area (Å²) in [5.41, 5.74) is 2.85. The summed E-state index contributed by atoms with van der Waals surface area (Å²) in [6, 6.07) is 13.5. The van der Waals surface area contributed by atoms with Crippen molar-refractivity contribution in [3.05, 3.63) is 53.9 Å². The molecule has 3 aromatic rings. The number of nitrogens with zero attached hydrogens (tertiary/aromatic N) is 3. The molecule has 1 atom stereocenters. The van der Waals surface area contributed by atoms with Crippen molar-refractivity contribution in [1.82, 2.24) is 10.1 Å². The summed E-state index contributed by atoms with van der Waals surface area (Å²) in [6.45, 7) is 2.63. The quantitative estimate of drug-likeness (QED) is 0.633. The minimum atomic E-state index is -0.140. The smallest absolute Gasteiger partial charge is 0.232 e. The van der Waals surface area contributed by atoms with Crippen molar-refractivity contribution in [3.63, 3.8) is 0 Å². The van der Waals surface area contributed by atoms with Gasteiger partial charge in [0, 0.05) is 24.7 Å². The third kappa shape index (κ3) is 3.68. The Morgan fingerprint density at radius 2 is 1.93 bits per heavy atom. The van der Waals surface area contributed by atoms with Crippen molar-refractivity contribution in [1.29, 1.82) is 0 Å². The minimum Gasteiger partial charge on any atom is -0.497 e. The molecule has 1 aliphatic rings. The molecule has 1 saturated heterocycles. The van der Waals surface area contributed by atoms with Gasteiger partial charge in [-0.05, 0) is 36.2 Å². The second kappa shape index (κ2) is 7.95. The SMILES string of the molecule is CCc1ccc(N2C[C@@H](c3nc(-c4ccc(OC)cc4OC)no3)CC2=O)cc1. The standard InChI is InChI=1S/C22H23N3O4/c1-4-14-5-7-16(8-6-14)25-13-15(11-20(25)26)22-23-21(24-29-22)18-10-9-17(27-2)12-19(18)28-3/h5-10,12,15H,4,11,13H2,1-3H3/t15-/m0/s1. The van der Waals surface area contributed by atoms with Crippen LogP contribution in [0.25, 0.3) is 11.4 Å². The van der Waals surface area contributed by atoms with Crippen LogP contribution in [0.15, 0.2) is 47.0 Å². The molecule has 0 radical (unpaired) electrons. The Hall–Kier alpha value is -3.35. The normalized spacial score (nSPS) is 16.3. The highest BCUT2D eigenvalue weighted by atomic mass is 16.5. The number of aryl methyl sites for hydroxylation is 1. The number of carbonyl (C=O) groups is 1. The lowest BCUT2D eigenvalue weighted by Gasteiger charge is -2.16. The zero-order chi connectivity index (χ0) is 20.4. The van der Waals surface area contributed by atoms with Gasteiger partial charge in [0.1, 0.15) is 11.5 Å². The van der Waals surface area contributed by atoms with Crippen LogP contribution in [0.2, 0.25) is 0 Å². The number of carbonyl (C=O) groups excluding carboxylic acids is 1. The topological polar surface area (TPSA) is 77.7 Å². The highest BCUT2D eigenvalue weighted by Gasteiger charge is 2.35. The number of hydrogen-bond donors (Lipinski definition) is 0. The Morgan fingerprint density at radius 1 is 1.14 bits per heavy atom. The van der Waals surface area contributed by atoms with Gasteiger partial charge in [-0.3, -0.25) is 4.79 Å². The molecule has 7 nitrogen and oxygen atoms in total. The zero-order valence-corrected chi connectivity index (χ0v) is 16.7. The maximum absolute atomic E-state index is 12.6. The van der Waals surface area contributed by atoms with Crippen LogP contribution in [0, 0.1) is 0 Å². The Balaban J connectivity index is 1.55. The number of anilines is 1. The molecule has 1 aromatic heterocycles. The Labute approximate surface area is 169 Å². The summed E-state index contributed by atoms with van der Waals surface area (Å²) in [7, 11) is 3.18. The molecular formula is C22H23N3O4. The van der Waals surface area contributed by atoms with Gasteiger partial charge in [-0.15, -0.1) is 0 Å². The monoisotopic (exact) mass is 393 g/mol. The van der Waals surface area contributed by atoms with Crippen LogP contribution in [-0.4, -0.2) is 36.8 Å². The molecule has 2 aromatic carbocycles. The van der Waals surface area contributed by atoms with E-state index in [1.165, 1.54) is 5.56 Å². The van der Waals surface area contributed by atoms with Crippen molar-refractivity contribution >= 4 is 11.6 Å². The fourth-order valence-electron chi connectivity index (χ4n) is 3.53. The Bertz CT molecular complexity index is 1010. The van der Waals surface area contributed by atoms with E-state index in [0.29, 0.717) is 41.7 Å². The largest absolute Gasteiger partial charge is 0.497 e. The van der Waals surface area contributed by atoms with Gasteiger partial charge >= 0.3 is 0 Å². The van der Waals surface area contributed by atoms with Gasteiger partial charge in [0.25, 0.3) is 0 Å². The van der Waals surface area contributed by atoms with Crippen LogP contribution >= 0.6 is 0 Å². The lowest BCUT2D eigenvalue weighted by molar-refractivity contribution is -0.117. The second-order valence-corrected chi connectivity index (χ2v) is 6.95. The molecule has 0 saturated carbocycles. The van der Waals surface area contributed by atoms with Crippen LogP contribution < -0.4 is 14.4 Å². The van der Waals surface area contributed by atoms with Crippen molar-refractivity contribution in [2.75, 3.05) is 25.7 Å². The van der Waals surface area contributed by atoms with Crippen LogP contribution in [0.5, 0.6) is 11.5 Å². The molecule has 1 aliphatic heterocycles. The molecule has 1 amide bonds. The van der Waals surface area contributed by atoms with Crippen LogP contribution in [0.4, 0.5) is 5.69 Å². The van der Waals surface area contributed by atoms with E-state index in [2.05, 4.69) is 29.2 Å². The van der Waals surface area contributed by atoms with E-state index in [1.54, 1.807) is 25.2 Å². The first-order valence-electron chi connectivity index (χ1n) is 9.58. The van der Waals surface area contributed by atoms with Gasteiger partial charge in [-0.2, -0.15) is 4.98 Å². The van der Waals surface area contributed by atoms with Crippen molar-refractivity contribution in [2.45, 2.75) is 25.7 Å². The van der Waals surface area contributed by atoms with Crippen molar-refractivity contribution < 1.29 is 18.8 Å². The first-order valence-corrected chi connectivity index (χ1v) is 9.58. The maximum atomic E-state index is 12.6. The number of aromatic nitrogens is 2. The zero-order valence-electron chi connectivity index (χ0n) is 16.7. The second-order valence-electron chi connectivity index (χ2n) is 6.95. The number of benzene rings is 2. The van der Waals surface area contributed by atoms with Gasteiger partial charge in [0.05, 0.1) is 25.7 Å². The summed E-state index contributed by atoms with van der Waals surface area (Å²) in [4.78, 5) is 18.9. The average molecular weight is 393 g/mol. The van der Waals surface area contributed by atoms with E-state index in [4.69, 9.17) is 14.0 Å². The molecule has 0 aliphatic carbocycles.